The summed E-state index contributed by atoms with van der Waals surface area (Å²) < 4.78 is 6.66. The van der Waals surface area contributed by atoms with Crippen molar-refractivity contribution in [1.29, 1.82) is 0 Å². The summed E-state index contributed by atoms with van der Waals surface area (Å²) >= 11 is 9.38. The highest BCUT2D eigenvalue weighted by atomic mass is 79.9. The van der Waals surface area contributed by atoms with E-state index in [2.05, 4.69) is 31.5 Å². The molecule has 0 radical (unpaired) electrons. The molecule has 0 saturated carbocycles. The van der Waals surface area contributed by atoms with Gasteiger partial charge in [0.2, 0.25) is 0 Å². The van der Waals surface area contributed by atoms with Crippen molar-refractivity contribution in [3.63, 3.8) is 0 Å². The van der Waals surface area contributed by atoms with Crippen LogP contribution in [0.5, 0.6) is 0 Å². The third kappa shape index (κ3) is 4.39. The number of rotatable bonds is 5. The van der Waals surface area contributed by atoms with Gasteiger partial charge in [-0.05, 0) is 47.9 Å². The van der Waals surface area contributed by atoms with Crippen molar-refractivity contribution >= 4 is 33.3 Å². The molecule has 1 fully saturated rings. The first-order valence-electron chi connectivity index (χ1n) is 6.13. The highest BCUT2D eigenvalue weighted by Gasteiger charge is 2.12. The van der Waals surface area contributed by atoms with Crippen molar-refractivity contribution in [1.82, 2.24) is 10.3 Å². The predicted molar refractivity (Wildman–Crippen MR) is 77.3 cm³/mol. The Labute approximate surface area is 121 Å². The fourth-order valence-electron chi connectivity index (χ4n) is 1.90. The Bertz CT molecular complexity index is 386. The summed E-state index contributed by atoms with van der Waals surface area (Å²) in [7, 11) is 0. The Morgan fingerprint density at radius 2 is 2.28 bits per heavy atom. The topological polar surface area (TPSA) is 46.2 Å². The first-order chi connectivity index (χ1) is 8.75. The smallest absolute Gasteiger partial charge is 0.144 e. The molecule has 0 aliphatic carbocycles. The summed E-state index contributed by atoms with van der Waals surface area (Å²) in [5, 5.41) is 7.11. The summed E-state index contributed by atoms with van der Waals surface area (Å²) in [4.78, 5) is 4.21. The molecule has 0 amide bonds. The molecule has 1 saturated heterocycles. The minimum atomic E-state index is 0.390. The van der Waals surface area contributed by atoms with Crippen LogP contribution in [-0.4, -0.2) is 37.3 Å². The number of piperidine rings is 1. The minimum absolute atomic E-state index is 0.390. The number of ether oxygens (including phenoxy) is 1. The van der Waals surface area contributed by atoms with E-state index in [0.717, 1.165) is 36.9 Å². The highest BCUT2D eigenvalue weighted by molar-refractivity contribution is 9.10. The molecule has 1 aromatic rings. The van der Waals surface area contributed by atoms with E-state index in [-0.39, 0.29) is 0 Å². The van der Waals surface area contributed by atoms with Crippen LogP contribution in [-0.2, 0) is 4.74 Å². The average molecular weight is 335 g/mol. The summed E-state index contributed by atoms with van der Waals surface area (Å²) in [5.41, 5.74) is 0. The highest BCUT2D eigenvalue weighted by Crippen LogP contribution is 2.22. The van der Waals surface area contributed by atoms with Crippen LogP contribution >= 0.6 is 27.5 Å². The van der Waals surface area contributed by atoms with E-state index in [4.69, 9.17) is 16.3 Å². The number of hydrogen-bond acceptors (Lipinski definition) is 4. The summed E-state index contributed by atoms with van der Waals surface area (Å²) in [6, 6.07) is 1.82. The summed E-state index contributed by atoms with van der Waals surface area (Å²) in [5.74, 6) is 0.703. The normalized spacial score (nSPS) is 16.8. The third-order valence-corrected chi connectivity index (χ3v) is 3.56. The molecule has 2 N–H and O–H groups in total. The van der Waals surface area contributed by atoms with Gasteiger partial charge in [0.15, 0.2) is 0 Å². The molecule has 0 spiro atoms. The number of halogens is 2. The van der Waals surface area contributed by atoms with Gasteiger partial charge in [-0.25, -0.2) is 4.98 Å². The average Bonchev–Trinajstić information content (AvgIpc) is 2.38. The zero-order chi connectivity index (χ0) is 12.8. The predicted octanol–water partition coefficient (Wildman–Crippen LogP) is 2.68. The maximum atomic E-state index is 6.05. The van der Waals surface area contributed by atoms with Crippen LogP contribution < -0.4 is 10.6 Å². The second-order valence-corrected chi connectivity index (χ2v) is 5.55. The Hall–Kier alpha value is -0.360. The minimum Gasteiger partial charge on any atom is -0.376 e. The van der Waals surface area contributed by atoms with Crippen molar-refractivity contribution in [2.24, 2.45) is 0 Å². The number of nitrogens with one attached hydrogen (secondary N) is 2. The van der Waals surface area contributed by atoms with Gasteiger partial charge in [0.05, 0.1) is 17.7 Å². The Morgan fingerprint density at radius 1 is 1.50 bits per heavy atom. The molecule has 2 heterocycles. The first-order valence-corrected chi connectivity index (χ1v) is 7.30. The molecule has 100 valence electrons. The summed E-state index contributed by atoms with van der Waals surface area (Å²) in [6.45, 7) is 3.51. The van der Waals surface area contributed by atoms with Crippen LogP contribution in [0.15, 0.2) is 16.7 Å². The molecule has 1 aliphatic heterocycles. The lowest BCUT2D eigenvalue weighted by Crippen LogP contribution is -2.33. The van der Waals surface area contributed by atoms with Crippen LogP contribution in [0.2, 0.25) is 5.02 Å². The van der Waals surface area contributed by atoms with Crippen molar-refractivity contribution in [2.75, 3.05) is 31.6 Å². The maximum Gasteiger partial charge on any atom is 0.144 e. The van der Waals surface area contributed by atoms with E-state index in [9.17, 15) is 0 Å². The fraction of sp³-hybridized carbons (Fsp3) is 0.583. The number of nitrogens with zero attached hydrogens (tertiary/aromatic N) is 1. The lowest BCUT2D eigenvalue weighted by atomic mass is 10.1. The van der Waals surface area contributed by atoms with Crippen molar-refractivity contribution in [3.05, 3.63) is 21.8 Å². The van der Waals surface area contributed by atoms with Gasteiger partial charge in [0, 0.05) is 17.2 Å². The molecule has 0 aromatic carbocycles. The van der Waals surface area contributed by atoms with E-state index in [0.29, 0.717) is 23.6 Å². The molecule has 0 bridgehead atoms. The quantitative estimate of drug-likeness (QED) is 0.813. The molecule has 6 heteroatoms. The van der Waals surface area contributed by atoms with E-state index < -0.39 is 0 Å². The van der Waals surface area contributed by atoms with Crippen LogP contribution in [0.4, 0.5) is 5.82 Å². The number of aromatic nitrogens is 1. The molecular formula is C12H17BrClN3O. The monoisotopic (exact) mass is 333 g/mol. The Balaban J connectivity index is 1.68. The first kappa shape index (κ1) is 14.1. The zero-order valence-electron chi connectivity index (χ0n) is 10.1. The molecule has 18 heavy (non-hydrogen) atoms. The van der Waals surface area contributed by atoms with Crippen LogP contribution in [0.25, 0.3) is 0 Å². The van der Waals surface area contributed by atoms with Gasteiger partial charge in [-0.15, -0.1) is 0 Å². The number of hydrogen-bond donors (Lipinski definition) is 2. The number of pyridine rings is 1. The lowest BCUT2D eigenvalue weighted by Gasteiger charge is -2.23. The van der Waals surface area contributed by atoms with E-state index in [1.165, 1.54) is 0 Å². The Morgan fingerprint density at radius 3 is 3.00 bits per heavy atom. The van der Waals surface area contributed by atoms with Crippen LogP contribution in [0.1, 0.15) is 12.8 Å². The zero-order valence-corrected chi connectivity index (χ0v) is 12.4. The molecular weight excluding hydrogens is 318 g/mol. The molecule has 2 rings (SSSR count). The van der Waals surface area contributed by atoms with Crippen molar-refractivity contribution < 1.29 is 4.74 Å². The Kier molecular flexibility index (Phi) is 5.69. The van der Waals surface area contributed by atoms with E-state index in [1.807, 2.05) is 6.07 Å². The van der Waals surface area contributed by atoms with Gasteiger partial charge < -0.3 is 15.4 Å². The van der Waals surface area contributed by atoms with Crippen molar-refractivity contribution in [3.8, 4) is 0 Å². The third-order valence-electron chi connectivity index (χ3n) is 2.84. The standard InChI is InChI=1S/C12H17BrClN3O/c13-9-7-11(14)12(17-8-9)16-5-6-18-10-1-3-15-4-2-10/h7-8,10,15H,1-6H2,(H,16,17). The van der Waals surface area contributed by atoms with E-state index >= 15 is 0 Å². The van der Waals surface area contributed by atoms with E-state index in [1.54, 1.807) is 6.20 Å². The molecule has 1 aliphatic rings. The maximum absolute atomic E-state index is 6.05. The molecule has 4 nitrogen and oxygen atoms in total. The van der Waals surface area contributed by atoms with Crippen LogP contribution in [0, 0.1) is 0 Å². The number of anilines is 1. The lowest BCUT2D eigenvalue weighted by molar-refractivity contribution is 0.0394. The largest absolute Gasteiger partial charge is 0.376 e. The van der Waals surface area contributed by atoms with Gasteiger partial charge in [0.1, 0.15) is 5.82 Å². The SMILES string of the molecule is Clc1cc(Br)cnc1NCCOC1CCNCC1. The molecule has 0 atom stereocenters. The van der Waals surface area contributed by atoms with Gasteiger partial charge in [-0.1, -0.05) is 11.6 Å². The second-order valence-electron chi connectivity index (χ2n) is 4.23. The van der Waals surface area contributed by atoms with Crippen LogP contribution in [0.3, 0.4) is 0 Å². The summed E-state index contributed by atoms with van der Waals surface area (Å²) in [6.07, 6.45) is 4.30. The van der Waals surface area contributed by atoms with Gasteiger partial charge in [0.25, 0.3) is 0 Å². The fourth-order valence-corrected chi connectivity index (χ4v) is 2.60. The van der Waals surface area contributed by atoms with Gasteiger partial charge >= 0.3 is 0 Å². The second kappa shape index (κ2) is 7.28. The van der Waals surface area contributed by atoms with Gasteiger partial charge in [-0.3, -0.25) is 0 Å². The molecule has 0 unspecified atom stereocenters. The van der Waals surface area contributed by atoms with Crippen molar-refractivity contribution in [2.45, 2.75) is 18.9 Å². The van der Waals surface area contributed by atoms with Gasteiger partial charge in [-0.2, -0.15) is 0 Å². The molecule has 1 aromatic heterocycles.